The lowest BCUT2D eigenvalue weighted by Crippen LogP contribution is -2.48. The third-order valence-corrected chi connectivity index (χ3v) is 4.29. The lowest BCUT2D eigenvalue weighted by atomic mass is 9.76. The number of nitrogens with one attached hydrogen (secondary N) is 1. The van der Waals surface area contributed by atoms with E-state index in [1.165, 1.54) is 0 Å². The van der Waals surface area contributed by atoms with E-state index in [9.17, 15) is 9.90 Å². The lowest BCUT2D eigenvalue weighted by molar-refractivity contribution is 0.0237. The molecule has 1 amide bonds. The number of nitrogen functional groups attached to an aromatic ring is 1. The first-order valence-electron chi connectivity index (χ1n) is 8.01. The summed E-state index contributed by atoms with van der Waals surface area (Å²) < 4.78 is 0. The zero-order valence-corrected chi connectivity index (χ0v) is 13.5. The van der Waals surface area contributed by atoms with E-state index in [1.54, 1.807) is 19.2 Å². The normalized spacial score (nSPS) is 20.9. The van der Waals surface area contributed by atoms with Crippen LogP contribution < -0.4 is 11.1 Å². The van der Waals surface area contributed by atoms with E-state index in [0.717, 1.165) is 5.69 Å². The van der Waals surface area contributed by atoms with E-state index in [2.05, 4.69) is 20.3 Å². The molecule has 7 nitrogen and oxygen atoms in total. The molecule has 3 rings (SSSR count). The molecule has 1 atom stereocenters. The largest absolute Gasteiger partial charge is 0.393 e. The summed E-state index contributed by atoms with van der Waals surface area (Å²) in [5.41, 5.74) is 7.43. The highest BCUT2D eigenvalue weighted by Crippen LogP contribution is 2.31. The van der Waals surface area contributed by atoms with Gasteiger partial charge in [0.25, 0.3) is 5.91 Å². The summed E-state index contributed by atoms with van der Waals surface area (Å²) in [5, 5.41) is 12.6. The van der Waals surface area contributed by atoms with Crippen molar-refractivity contribution in [3.8, 4) is 0 Å². The number of aliphatic hydroxyl groups is 1. The van der Waals surface area contributed by atoms with Gasteiger partial charge >= 0.3 is 0 Å². The third-order valence-electron chi connectivity index (χ3n) is 4.29. The van der Waals surface area contributed by atoms with Crippen LogP contribution in [0, 0.1) is 12.8 Å². The number of carbonyl (C=O) groups excluding carboxylic acids is 1. The first-order valence-corrected chi connectivity index (χ1v) is 8.01. The van der Waals surface area contributed by atoms with Gasteiger partial charge in [0.15, 0.2) is 0 Å². The summed E-state index contributed by atoms with van der Waals surface area (Å²) in [6.07, 6.45) is 3.43. The number of anilines is 1. The predicted molar refractivity (Wildman–Crippen MR) is 89.1 cm³/mol. The first-order chi connectivity index (χ1) is 11.5. The van der Waals surface area contributed by atoms with Crippen molar-refractivity contribution in [3.63, 3.8) is 0 Å². The highest BCUT2D eigenvalue weighted by molar-refractivity contribution is 5.92. The Morgan fingerprint density at radius 3 is 2.83 bits per heavy atom. The average Bonchev–Trinajstić information content (AvgIpc) is 2.51. The number of nitrogens with two attached hydrogens (primary N) is 1. The minimum absolute atomic E-state index is 0.0838. The maximum Gasteiger partial charge on any atom is 0.270 e. The van der Waals surface area contributed by atoms with Gasteiger partial charge in [-0.25, -0.2) is 9.97 Å². The second-order valence-electron chi connectivity index (χ2n) is 6.24. The molecule has 0 bridgehead atoms. The topological polar surface area (TPSA) is 114 Å². The second-order valence-corrected chi connectivity index (χ2v) is 6.24. The maximum atomic E-state index is 12.5. The number of nitrogens with zero attached hydrogens (tertiary/aromatic N) is 3. The van der Waals surface area contributed by atoms with E-state index in [4.69, 9.17) is 5.73 Å². The molecule has 1 aliphatic carbocycles. The van der Waals surface area contributed by atoms with Crippen LogP contribution in [0.15, 0.2) is 30.5 Å². The van der Waals surface area contributed by atoms with Crippen molar-refractivity contribution in [3.05, 3.63) is 47.5 Å². The van der Waals surface area contributed by atoms with Crippen LogP contribution in [0.1, 0.15) is 34.7 Å². The van der Waals surface area contributed by atoms with E-state index in [1.807, 2.05) is 18.2 Å². The zero-order chi connectivity index (χ0) is 17.1. The van der Waals surface area contributed by atoms with Crippen molar-refractivity contribution in [1.82, 2.24) is 20.3 Å². The first kappa shape index (κ1) is 16.3. The Morgan fingerprint density at radius 1 is 1.42 bits per heavy atom. The molecule has 0 aliphatic heterocycles. The number of carbonyl (C=O) groups is 1. The molecule has 0 radical (unpaired) electrons. The Balaban J connectivity index is 1.74. The van der Waals surface area contributed by atoms with Gasteiger partial charge in [-0.05, 0) is 43.9 Å². The third kappa shape index (κ3) is 3.86. The number of pyridine rings is 1. The molecule has 1 saturated carbocycles. The molecule has 24 heavy (non-hydrogen) atoms. The number of aryl methyl sites for hydroxylation is 1. The Hall–Kier alpha value is -2.54. The Labute approximate surface area is 140 Å². The summed E-state index contributed by atoms with van der Waals surface area (Å²) in [6.45, 7) is 1.77. The van der Waals surface area contributed by atoms with Crippen LogP contribution in [0.4, 0.5) is 5.95 Å². The number of amides is 1. The summed E-state index contributed by atoms with van der Waals surface area (Å²) in [7, 11) is 0. The number of aliphatic hydroxyl groups excluding tert-OH is 1. The van der Waals surface area contributed by atoms with Gasteiger partial charge in [0.2, 0.25) is 5.95 Å². The smallest absolute Gasteiger partial charge is 0.270 e. The monoisotopic (exact) mass is 327 g/mol. The van der Waals surface area contributed by atoms with E-state index in [-0.39, 0.29) is 35.6 Å². The fourth-order valence-electron chi connectivity index (χ4n) is 2.99. The fourth-order valence-corrected chi connectivity index (χ4v) is 2.99. The maximum absolute atomic E-state index is 12.5. The molecule has 2 aromatic rings. The quantitative estimate of drug-likeness (QED) is 0.751. The van der Waals surface area contributed by atoms with Gasteiger partial charge in [-0.3, -0.25) is 9.78 Å². The van der Waals surface area contributed by atoms with Crippen LogP contribution in [0.5, 0.6) is 0 Å². The SMILES string of the molecule is Cc1cc(C(=O)N[C@H](Cc2ccccn2)C2CC(O)C2)nc(N)n1. The Kier molecular flexibility index (Phi) is 4.71. The highest BCUT2D eigenvalue weighted by atomic mass is 16.3. The average molecular weight is 327 g/mol. The summed E-state index contributed by atoms with van der Waals surface area (Å²) in [4.78, 5) is 24.8. The summed E-state index contributed by atoms with van der Waals surface area (Å²) in [6, 6.07) is 7.22. The Morgan fingerprint density at radius 2 is 2.21 bits per heavy atom. The molecule has 0 aromatic carbocycles. The van der Waals surface area contributed by atoms with E-state index in [0.29, 0.717) is 25.0 Å². The number of rotatable bonds is 5. The molecule has 0 spiro atoms. The molecular formula is C17H21N5O2. The molecule has 2 aromatic heterocycles. The number of hydrogen-bond donors (Lipinski definition) is 3. The fraction of sp³-hybridized carbons (Fsp3) is 0.412. The van der Waals surface area contributed by atoms with E-state index >= 15 is 0 Å². The van der Waals surface area contributed by atoms with Crippen LogP contribution in [0.25, 0.3) is 0 Å². The Bertz CT molecular complexity index is 696. The molecule has 0 saturated heterocycles. The van der Waals surface area contributed by atoms with Crippen molar-refractivity contribution in [2.24, 2.45) is 5.92 Å². The van der Waals surface area contributed by atoms with Gasteiger partial charge in [0.05, 0.1) is 6.10 Å². The van der Waals surface area contributed by atoms with Gasteiger partial charge < -0.3 is 16.2 Å². The predicted octanol–water partition coefficient (Wildman–Crippen LogP) is 0.874. The molecule has 7 heteroatoms. The van der Waals surface area contributed by atoms with Crippen molar-refractivity contribution in [2.75, 3.05) is 5.73 Å². The van der Waals surface area contributed by atoms with Crippen LogP contribution in [-0.4, -0.2) is 38.1 Å². The van der Waals surface area contributed by atoms with Crippen molar-refractivity contribution >= 4 is 11.9 Å². The van der Waals surface area contributed by atoms with Gasteiger partial charge in [0, 0.05) is 30.0 Å². The van der Waals surface area contributed by atoms with Crippen molar-refractivity contribution in [1.29, 1.82) is 0 Å². The summed E-state index contributed by atoms with van der Waals surface area (Å²) >= 11 is 0. The minimum Gasteiger partial charge on any atom is -0.393 e. The lowest BCUT2D eigenvalue weighted by Gasteiger charge is -2.38. The van der Waals surface area contributed by atoms with Crippen LogP contribution in [0.2, 0.25) is 0 Å². The van der Waals surface area contributed by atoms with Gasteiger partial charge in [-0.1, -0.05) is 6.07 Å². The summed E-state index contributed by atoms with van der Waals surface area (Å²) in [5.74, 6) is 0.0289. The van der Waals surface area contributed by atoms with E-state index < -0.39 is 0 Å². The van der Waals surface area contributed by atoms with Gasteiger partial charge in [-0.2, -0.15) is 0 Å². The number of aromatic nitrogens is 3. The number of hydrogen-bond acceptors (Lipinski definition) is 6. The molecule has 0 unspecified atom stereocenters. The standard InChI is InChI=1S/C17H21N5O2/c1-10-6-15(22-17(18)20-10)16(24)21-14(11-7-13(23)8-11)9-12-4-2-3-5-19-12/h2-6,11,13-14,23H,7-9H2,1H3,(H,21,24)(H2,18,20,22)/t11?,13?,14-/m1/s1. The molecule has 126 valence electrons. The van der Waals surface area contributed by atoms with Gasteiger partial charge in [-0.15, -0.1) is 0 Å². The van der Waals surface area contributed by atoms with Crippen LogP contribution in [0.3, 0.4) is 0 Å². The second kappa shape index (κ2) is 6.92. The zero-order valence-electron chi connectivity index (χ0n) is 13.5. The molecule has 4 N–H and O–H groups in total. The van der Waals surface area contributed by atoms with Crippen molar-refractivity contribution in [2.45, 2.75) is 38.3 Å². The highest BCUT2D eigenvalue weighted by Gasteiger charge is 2.35. The minimum atomic E-state index is -0.283. The molecule has 1 fully saturated rings. The van der Waals surface area contributed by atoms with Crippen LogP contribution >= 0.6 is 0 Å². The molecular weight excluding hydrogens is 306 g/mol. The van der Waals surface area contributed by atoms with Crippen molar-refractivity contribution < 1.29 is 9.90 Å². The molecule has 2 heterocycles. The van der Waals surface area contributed by atoms with Gasteiger partial charge in [0.1, 0.15) is 5.69 Å². The molecule has 1 aliphatic rings. The van der Waals surface area contributed by atoms with Crippen LogP contribution in [-0.2, 0) is 6.42 Å².